The number of aryl methyl sites for hydroxylation is 1. The van der Waals surface area contributed by atoms with Crippen LogP contribution in [0.2, 0.25) is 0 Å². The molecule has 1 unspecified atom stereocenters. The Morgan fingerprint density at radius 1 is 1.43 bits per heavy atom. The summed E-state index contributed by atoms with van der Waals surface area (Å²) in [6, 6.07) is 7.95. The van der Waals surface area contributed by atoms with E-state index in [1.54, 1.807) is 0 Å². The van der Waals surface area contributed by atoms with Gasteiger partial charge in [-0.3, -0.25) is 4.79 Å². The molecular weight excluding hydrogens is 176 g/mol. The van der Waals surface area contributed by atoms with Crippen molar-refractivity contribution in [3.8, 4) is 0 Å². The van der Waals surface area contributed by atoms with Gasteiger partial charge in [0.05, 0.1) is 5.92 Å². The summed E-state index contributed by atoms with van der Waals surface area (Å²) >= 11 is 0. The topological polar surface area (TPSA) is 69.1 Å². The number of primary amides is 1. The van der Waals surface area contributed by atoms with Gasteiger partial charge in [-0.25, -0.2) is 0 Å². The molecule has 1 amide bonds. The van der Waals surface area contributed by atoms with Crippen LogP contribution in [0.3, 0.4) is 0 Å². The molecule has 4 N–H and O–H groups in total. The van der Waals surface area contributed by atoms with E-state index in [-0.39, 0.29) is 11.8 Å². The minimum atomic E-state index is -0.323. The molecular formula is C11H16N2O. The van der Waals surface area contributed by atoms with Crippen molar-refractivity contribution >= 4 is 5.91 Å². The van der Waals surface area contributed by atoms with Crippen molar-refractivity contribution in [3.05, 3.63) is 35.4 Å². The van der Waals surface area contributed by atoms with Gasteiger partial charge in [-0.1, -0.05) is 24.3 Å². The second kappa shape index (κ2) is 4.77. The Hall–Kier alpha value is -1.35. The lowest BCUT2D eigenvalue weighted by Gasteiger charge is -2.12. The molecule has 1 aromatic rings. The summed E-state index contributed by atoms with van der Waals surface area (Å²) in [5, 5.41) is 0. The summed E-state index contributed by atoms with van der Waals surface area (Å²) in [5.41, 5.74) is 13.0. The van der Waals surface area contributed by atoms with E-state index >= 15 is 0 Å². The zero-order valence-corrected chi connectivity index (χ0v) is 8.36. The Kier molecular flexibility index (Phi) is 3.65. The molecule has 1 aromatic carbocycles. The number of benzene rings is 1. The molecule has 0 aromatic heterocycles. The van der Waals surface area contributed by atoms with Gasteiger partial charge >= 0.3 is 0 Å². The predicted octanol–water partition coefficient (Wildman–Crippen LogP) is 0.598. The second-order valence-electron chi connectivity index (χ2n) is 3.47. The highest BCUT2D eigenvalue weighted by Gasteiger charge is 2.14. The number of carbonyl (C=O) groups is 1. The van der Waals surface area contributed by atoms with Crippen molar-refractivity contribution in [2.45, 2.75) is 13.3 Å². The number of hydrogen-bond donors (Lipinski definition) is 2. The van der Waals surface area contributed by atoms with E-state index in [0.717, 1.165) is 5.56 Å². The maximum absolute atomic E-state index is 11.0. The van der Waals surface area contributed by atoms with Crippen molar-refractivity contribution in [1.29, 1.82) is 0 Å². The van der Waals surface area contributed by atoms with Gasteiger partial charge < -0.3 is 11.5 Å². The third kappa shape index (κ3) is 2.57. The number of rotatable bonds is 4. The van der Waals surface area contributed by atoms with Crippen LogP contribution in [0, 0.1) is 12.8 Å². The van der Waals surface area contributed by atoms with E-state index < -0.39 is 0 Å². The minimum absolute atomic E-state index is 0.254. The standard InChI is InChI=1S/C11H16N2O/c1-8-4-2-3-5-9(8)6-10(7-12)11(13)14/h2-5,10H,6-7,12H2,1H3,(H2,13,14). The Bertz CT molecular complexity index is 323. The third-order valence-electron chi connectivity index (χ3n) is 2.41. The highest BCUT2D eigenvalue weighted by Crippen LogP contribution is 2.12. The first-order valence-electron chi connectivity index (χ1n) is 4.69. The number of carbonyl (C=O) groups excluding carboxylic acids is 1. The van der Waals surface area contributed by atoms with E-state index in [0.29, 0.717) is 13.0 Å². The van der Waals surface area contributed by atoms with Gasteiger partial charge in [0, 0.05) is 6.54 Å². The zero-order chi connectivity index (χ0) is 10.6. The fourth-order valence-corrected chi connectivity index (χ4v) is 1.40. The molecule has 14 heavy (non-hydrogen) atoms. The highest BCUT2D eigenvalue weighted by atomic mass is 16.1. The second-order valence-corrected chi connectivity index (χ2v) is 3.47. The van der Waals surface area contributed by atoms with E-state index in [9.17, 15) is 4.79 Å². The molecule has 0 aliphatic carbocycles. The molecule has 0 saturated heterocycles. The van der Waals surface area contributed by atoms with Gasteiger partial charge in [0.2, 0.25) is 5.91 Å². The fourth-order valence-electron chi connectivity index (χ4n) is 1.40. The van der Waals surface area contributed by atoms with E-state index in [2.05, 4.69) is 0 Å². The first-order valence-corrected chi connectivity index (χ1v) is 4.69. The third-order valence-corrected chi connectivity index (χ3v) is 2.41. The van der Waals surface area contributed by atoms with Crippen LogP contribution >= 0.6 is 0 Å². The molecule has 0 saturated carbocycles. The number of hydrogen-bond acceptors (Lipinski definition) is 2. The van der Waals surface area contributed by atoms with Crippen molar-refractivity contribution < 1.29 is 4.79 Å². The lowest BCUT2D eigenvalue weighted by Crippen LogP contribution is -2.31. The van der Waals surface area contributed by atoms with Crippen LogP contribution in [0.25, 0.3) is 0 Å². The predicted molar refractivity (Wildman–Crippen MR) is 56.6 cm³/mol. The van der Waals surface area contributed by atoms with Crippen LogP contribution in [0.15, 0.2) is 24.3 Å². The monoisotopic (exact) mass is 192 g/mol. The molecule has 0 fully saturated rings. The molecule has 0 spiro atoms. The molecule has 3 nitrogen and oxygen atoms in total. The average Bonchev–Trinajstić information content (AvgIpc) is 2.16. The van der Waals surface area contributed by atoms with E-state index in [1.807, 2.05) is 31.2 Å². The van der Waals surface area contributed by atoms with Crippen LogP contribution in [0.5, 0.6) is 0 Å². The van der Waals surface area contributed by atoms with Crippen molar-refractivity contribution in [3.63, 3.8) is 0 Å². The Labute approximate surface area is 84.1 Å². The molecule has 1 atom stereocenters. The van der Waals surface area contributed by atoms with Crippen LogP contribution in [-0.4, -0.2) is 12.5 Å². The highest BCUT2D eigenvalue weighted by molar-refractivity contribution is 5.77. The average molecular weight is 192 g/mol. The van der Waals surface area contributed by atoms with Crippen LogP contribution in [0.4, 0.5) is 0 Å². The SMILES string of the molecule is Cc1ccccc1CC(CN)C(N)=O. The molecule has 76 valence electrons. The summed E-state index contributed by atoms with van der Waals surface area (Å²) in [5.74, 6) is -0.577. The lowest BCUT2D eigenvalue weighted by atomic mass is 9.96. The minimum Gasteiger partial charge on any atom is -0.369 e. The maximum atomic E-state index is 11.0. The van der Waals surface area contributed by atoms with Crippen molar-refractivity contribution in [1.82, 2.24) is 0 Å². The van der Waals surface area contributed by atoms with Gasteiger partial charge in [0.25, 0.3) is 0 Å². The first kappa shape index (κ1) is 10.7. The number of nitrogens with two attached hydrogens (primary N) is 2. The fraction of sp³-hybridized carbons (Fsp3) is 0.364. The number of amides is 1. The molecule has 0 aliphatic heterocycles. The molecule has 1 rings (SSSR count). The normalized spacial score (nSPS) is 12.4. The lowest BCUT2D eigenvalue weighted by molar-refractivity contribution is -0.121. The summed E-state index contributed by atoms with van der Waals surface area (Å²) in [6.45, 7) is 2.33. The van der Waals surface area contributed by atoms with Crippen LogP contribution in [-0.2, 0) is 11.2 Å². The largest absolute Gasteiger partial charge is 0.369 e. The quantitative estimate of drug-likeness (QED) is 0.733. The van der Waals surface area contributed by atoms with Crippen LogP contribution < -0.4 is 11.5 Å². The van der Waals surface area contributed by atoms with Crippen molar-refractivity contribution in [2.24, 2.45) is 17.4 Å². The summed E-state index contributed by atoms with van der Waals surface area (Å²) < 4.78 is 0. The summed E-state index contributed by atoms with van der Waals surface area (Å²) in [4.78, 5) is 11.0. The van der Waals surface area contributed by atoms with Crippen molar-refractivity contribution in [2.75, 3.05) is 6.54 Å². The van der Waals surface area contributed by atoms with Gasteiger partial charge in [-0.15, -0.1) is 0 Å². The molecule has 0 heterocycles. The van der Waals surface area contributed by atoms with Gasteiger partial charge in [-0.2, -0.15) is 0 Å². The van der Waals surface area contributed by atoms with E-state index in [1.165, 1.54) is 5.56 Å². The van der Waals surface area contributed by atoms with Gasteiger partial charge in [0.15, 0.2) is 0 Å². The summed E-state index contributed by atoms with van der Waals surface area (Å²) in [6.07, 6.45) is 0.637. The first-order chi connectivity index (χ1) is 6.65. The molecule has 0 radical (unpaired) electrons. The maximum Gasteiger partial charge on any atom is 0.222 e. The van der Waals surface area contributed by atoms with Gasteiger partial charge in [0.1, 0.15) is 0 Å². The zero-order valence-electron chi connectivity index (χ0n) is 8.36. The summed E-state index contributed by atoms with van der Waals surface area (Å²) in [7, 11) is 0. The van der Waals surface area contributed by atoms with Crippen LogP contribution in [0.1, 0.15) is 11.1 Å². The smallest absolute Gasteiger partial charge is 0.222 e. The van der Waals surface area contributed by atoms with E-state index in [4.69, 9.17) is 11.5 Å². The Morgan fingerprint density at radius 3 is 2.57 bits per heavy atom. The molecule has 3 heteroatoms. The Morgan fingerprint density at radius 2 is 2.07 bits per heavy atom. The molecule has 0 aliphatic rings. The Balaban J connectivity index is 2.77. The molecule has 0 bridgehead atoms. The van der Waals surface area contributed by atoms with Gasteiger partial charge in [-0.05, 0) is 24.5 Å².